The Balaban J connectivity index is 0.00000242. The lowest BCUT2D eigenvalue weighted by atomic mass is 10.2. The van der Waals surface area contributed by atoms with Crippen LogP contribution in [-0.4, -0.2) is 55.7 Å². The summed E-state index contributed by atoms with van der Waals surface area (Å²) in [6, 6.07) is 8.67. The van der Waals surface area contributed by atoms with Gasteiger partial charge in [0.15, 0.2) is 0 Å². The number of hydrogen-bond donors (Lipinski definition) is 0. The SMILES string of the molecule is Cc1ccc(SCCOCCN2CC(C)OC(C)C2)cc1.Cl. The summed E-state index contributed by atoms with van der Waals surface area (Å²) in [6.07, 6.45) is 0.677. The zero-order chi connectivity index (χ0) is 15.1. The first kappa shape index (κ1) is 19.8. The Morgan fingerprint density at radius 1 is 1.14 bits per heavy atom. The number of benzene rings is 1. The van der Waals surface area contributed by atoms with Gasteiger partial charge >= 0.3 is 0 Å². The van der Waals surface area contributed by atoms with Crippen LogP contribution in [0.25, 0.3) is 0 Å². The lowest BCUT2D eigenvalue weighted by Crippen LogP contribution is -2.46. The molecule has 1 aliphatic rings. The maximum absolute atomic E-state index is 5.75. The lowest BCUT2D eigenvalue weighted by Gasteiger charge is -2.35. The van der Waals surface area contributed by atoms with Gasteiger partial charge < -0.3 is 9.47 Å². The van der Waals surface area contributed by atoms with Crippen LogP contribution in [0, 0.1) is 6.92 Å². The maximum atomic E-state index is 5.75. The Kier molecular flexibility index (Phi) is 9.45. The summed E-state index contributed by atoms with van der Waals surface area (Å²) in [4.78, 5) is 3.76. The number of nitrogens with zero attached hydrogens (tertiary/aromatic N) is 1. The molecule has 5 heteroatoms. The van der Waals surface area contributed by atoms with Crippen molar-refractivity contribution in [2.45, 2.75) is 37.9 Å². The van der Waals surface area contributed by atoms with Crippen molar-refractivity contribution in [3.05, 3.63) is 29.8 Å². The predicted octanol–water partition coefficient (Wildman–Crippen LogP) is 3.63. The van der Waals surface area contributed by atoms with Crippen molar-refractivity contribution in [3.63, 3.8) is 0 Å². The summed E-state index contributed by atoms with van der Waals surface area (Å²) in [5, 5.41) is 0. The fourth-order valence-electron chi connectivity index (χ4n) is 2.62. The average molecular weight is 346 g/mol. The van der Waals surface area contributed by atoms with Crippen LogP contribution < -0.4 is 0 Å². The number of hydrogen-bond acceptors (Lipinski definition) is 4. The van der Waals surface area contributed by atoms with E-state index in [1.807, 2.05) is 11.8 Å². The van der Waals surface area contributed by atoms with Crippen LogP contribution in [0.1, 0.15) is 19.4 Å². The molecule has 2 unspecified atom stereocenters. The highest BCUT2D eigenvalue weighted by molar-refractivity contribution is 7.99. The second-order valence-electron chi connectivity index (χ2n) is 5.79. The monoisotopic (exact) mass is 345 g/mol. The van der Waals surface area contributed by atoms with E-state index in [9.17, 15) is 0 Å². The Morgan fingerprint density at radius 3 is 2.41 bits per heavy atom. The first-order valence-electron chi connectivity index (χ1n) is 7.78. The van der Waals surface area contributed by atoms with E-state index >= 15 is 0 Å². The molecule has 1 aliphatic heterocycles. The van der Waals surface area contributed by atoms with Crippen molar-refractivity contribution in [3.8, 4) is 0 Å². The fourth-order valence-corrected chi connectivity index (χ4v) is 3.38. The van der Waals surface area contributed by atoms with Gasteiger partial charge in [-0.1, -0.05) is 17.7 Å². The third-order valence-electron chi connectivity index (χ3n) is 3.56. The van der Waals surface area contributed by atoms with Crippen molar-refractivity contribution in [2.24, 2.45) is 0 Å². The normalized spacial score (nSPS) is 22.3. The van der Waals surface area contributed by atoms with E-state index in [2.05, 4.69) is 49.9 Å². The molecule has 0 saturated carbocycles. The van der Waals surface area contributed by atoms with E-state index in [-0.39, 0.29) is 12.4 Å². The second kappa shape index (κ2) is 10.5. The highest BCUT2D eigenvalue weighted by Gasteiger charge is 2.21. The Bertz CT molecular complexity index is 406. The number of thioether (sulfide) groups is 1. The molecule has 0 aromatic heterocycles. The molecule has 1 aromatic carbocycles. The predicted molar refractivity (Wildman–Crippen MR) is 96.4 cm³/mol. The first-order valence-corrected chi connectivity index (χ1v) is 8.77. The third kappa shape index (κ3) is 7.34. The molecule has 22 heavy (non-hydrogen) atoms. The standard InChI is InChI=1S/C17H27NO2S.ClH/c1-14-4-6-17(7-5-14)21-11-10-19-9-8-18-12-15(2)20-16(3)13-18;/h4-7,15-16H,8-13H2,1-3H3;1H. The minimum atomic E-state index is 0. The van der Waals surface area contributed by atoms with Crippen molar-refractivity contribution < 1.29 is 9.47 Å². The zero-order valence-corrected chi connectivity index (χ0v) is 15.4. The molecule has 2 rings (SSSR count). The van der Waals surface area contributed by atoms with Gasteiger partial charge in [-0.05, 0) is 32.9 Å². The number of ether oxygens (including phenoxy) is 2. The summed E-state index contributed by atoms with van der Waals surface area (Å²) in [7, 11) is 0. The maximum Gasteiger partial charge on any atom is 0.0678 e. The fraction of sp³-hybridized carbons (Fsp3) is 0.647. The van der Waals surface area contributed by atoms with E-state index in [0.29, 0.717) is 12.2 Å². The number of rotatable bonds is 7. The van der Waals surface area contributed by atoms with E-state index in [1.54, 1.807) is 0 Å². The van der Waals surface area contributed by atoms with Crippen molar-refractivity contribution in [1.82, 2.24) is 4.90 Å². The average Bonchev–Trinajstić information content (AvgIpc) is 2.43. The number of halogens is 1. The molecule has 0 aliphatic carbocycles. The van der Waals surface area contributed by atoms with Crippen LogP contribution in [0.2, 0.25) is 0 Å². The van der Waals surface area contributed by atoms with Gasteiger partial charge in [0.2, 0.25) is 0 Å². The summed E-state index contributed by atoms with van der Waals surface area (Å²) >= 11 is 1.86. The van der Waals surface area contributed by atoms with Crippen molar-refractivity contribution in [2.75, 3.05) is 38.6 Å². The third-order valence-corrected chi connectivity index (χ3v) is 4.54. The summed E-state index contributed by atoms with van der Waals surface area (Å²) < 4.78 is 11.5. The van der Waals surface area contributed by atoms with Crippen molar-refractivity contribution >= 4 is 24.2 Å². The highest BCUT2D eigenvalue weighted by atomic mass is 35.5. The van der Waals surface area contributed by atoms with Gasteiger partial charge in [0.25, 0.3) is 0 Å². The molecule has 0 amide bonds. The lowest BCUT2D eigenvalue weighted by molar-refractivity contribution is -0.0726. The second-order valence-corrected chi connectivity index (χ2v) is 6.96. The molecular weight excluding hydrogens is 318 g/mol. The first-order chi connectivity index (χ1) is 10.1. The van der Waals surface area contributed by atoms with Crippen LogP contribution in [0.15, 0.2) is 29.2 Å². The molecule has 3 nitrogen and oxygen atoms in total. The molecule has 0 bridgehead atoms. The minimum absolute atomic E-state index is 0. The van der Waals surface area contributed by atoms with Crippen LogP contribution in [0.3, 0.4) is 0 Å². The van der Waals surface area contributed by atoms with Gasteiger partial charge in [0.1, 0.15) is 0 Å². The van der Waals surface area contributed by atoms with Gasteiger partial charge in [-0.15, -0.1) is 24.2 Å². The van der Waals surface area contributed by atoms with Gasteiger partial charge in [-0.25, -0.2) is 0 Å². The number of morpholine rings is 1. The molecule has 126 valence electrons. The Labute approximate surface area is 145 Å². The van der Waals surface area contributed by atoms with Crippen LogP contribution in [0.5, 0.6) is 0 Å². The smallest absolute Gasteiger partial charge is 0.0678 e. The zero-order valence-electron chi connectivity index (χ0n) is 13.8. The summed E-state index contributed by atoms with van der Waals surface area (Å²) in [5.41, 5.74) is 1.31. The largest absolute Gasteiger partial charge is 0.379 e. The summed E-state index contributed by atoms with van der Waals surface area (Å²) in [5.74, 6) is 1.01. The van der Waals surface area contributed by atoms with E-state index < -0.39 is 0 Å². The van der Waals surface area contributed by atoms with E-state index in [0.717, 1.165) is 38.6 Å². The molecule has 0 spiro atoms. The van der Waals surface area contributed by atoms with Crippen LogP contribution in [0.4, 0.5) is 0 Å². The molecular formula is C17H28ClNO2S. The molecule has 0 radical (unpaired) electrons. The topological polar surface area (TPSA) is 21.7 Å². The quantitative estimate of drug-likeness (QED) is 0.555. The highest BCUT2D eigenvalue weighted by Crippen LogP contribution is 2.17. The summed E-state index contributed by atoms with van der Waals surface area (Å²) in [6.45, 7) is 11.1. The van der Waals surface area contributed by atoms with Gasteiger partial charge in [-0.3, -0.25) is 4.90 Å². The molecule has 1 saturated heterocycles. The molecule has 1 fully saturated rings. The van der Waals surface area contributed by atoms with E-state index in [4.69, 9.17) is 9.47 Å². The van der Waals surface area contributed by atoms with Crippen LogP contribution in [-0.2, 0) is 9.47 Å². The van der Waals surface area contributed by atoms with Gasteiger partial charge in [-0.2, -0.15) is 0 Å². The molecule has 2 atom stereocenters. The van der Waals surface area contributed by atoms with E-state index in [1.165, 1.54) is 10.5 Å². The Hall–Kier alpha value is -0.260. The molecule has 1 aromatic rings. The molecule has 1 heterocycles. The van der Waals surface area contributed by atoms with Crippen LogP contribution >= 0.6 is 24.2 Å². The molecule has 0 N–H and O–H groups in total. The number of aryl methyl sites for hydroxylation is 1. The van der Waals surface area contributed by atoms with Crippen molar-refractivity contribution in [1.29, 1.82) is 0 Å². The van der Waals surface area contributed by atoms with Gasteiger partial charge in [0, 0.05) is 30.3 Å². The Morgan fingerprint density at radius 2 is 1.77 bits per heavy atom. The van der Waals surface area contributed by atoms with Gasteiger partial charge in [0.05, 0.1) is 25.4 Å². The minimum Gasteiger partial charge on any atom is -0.379 e.